The molecule has 0 aromatic rings. The molecular weight excluding hydrogens is 210 g/mol. The third-order valence-corrected chi connectivity index (χ3v) is 5.46. The second-order valence-corrected chi connectivity index (χ2v) is 6.41. The van der Waals surface area contributed by atoms with Gasteiger partial charge in [0.2, 0.25) is 0 Å². The van der Waals surface area contributed by atoms with Crippen LogP contribution < -0.4 is 10.6 Å². The molecule has 3 aliphatic rings. The maximum atomic E-state index is 3.49. The van der Waals surface area contributed by atoms with Gasteiger partial charge in [0.25, 0.3) is 0 Å². The summed E-state index contributed by atoms with van der Waals surface area (Å²) in [6.45, 7) is 5.16. The first kappa shape index (κ1) is 11.9. The lowest BCUT2D eigenvalue weighted by Gasteiger charge is -2.55. The molecule has 98 valence electrons. The number of nitrogens with zero attached hydrogens (tertiary/aromatic N) is 1. The Bertz CT molecular complexity index is 244. The first-order valence-electron chi connectivity index (χ1n) is 7.43. The van der Waals surface area contributed by atoms with E-state index in [0.717, 1.165) is 17.5 Å². The monoisotopic (exact) mass is 237 g/mol. The van der Waals surface area contributed by atoms with Crippen LogP contribution in [0, 0.1) is 5.41 Å². The SMILES string of the molecule is CNC1CCN(C2CC3(CCNCC3)C2)CC1. The van der Waals surface area contributed by atoms with Crippen molar-refractivity contribution in [3.05, 3.63) is 0 Å². The molecule has 2 N–H and O–H groups in total. The van der Waals surface area contributed by atoms with Crippen LogP contribution in [0.5, 0.6) is 0 Å². The van der Waals surface area contributed by atoms with E-state index >= 15 is 0 Å². The third-order valence-electron chi connectivity index (χ3n) is 5.46. The van der Waals surface area contributed by atoms with Crippen molar-refractivity contribution < 1.29 is 0 Å². The number of likely N-dealkylation sites (tertiary alicyclic amines) is 1. The zero-order valence-electron chi connectivity index (χ0n) is 11.2. The molecule has 3 heteroatoms. The molecule has 2 aliphatic heterocycles. The van der Waals surface area contributed by atoms with Crippen molar-refractivity contribution in [2.75, 3.05) is 33.2 Å². The minimum Gasteiger partial charge on any atom is -0.317 e. The highest BCUT2D eigenvalue weighted by atomic mass is 15.2. The topological polar surface area (TPSA) is 27.3 Å². The summed E-state index contributed by atoms with van der Waals surface area (Å²) in [4.78, 5) is 2.77. The second-order valence-electron chi connectivity index (χ2n) is 6.41. The zero-order valence-corrected chi connectivity index (χ0v) is 11.2. The zero-order chi connectivity index (χ0) is 11.7. The van der Waals surface area contributed by atoms with Gasteiger partial charge < -0.3 is 15.5 Å². The molecule has 1 spiro atoms. The Kier molecular flexibility index (Phi) is 3.42. The van der Waals surface area contributed by atoms with Crippen LogP contribution in [0.3, 0.4) is 0 Å². The van der Waals surface area contributed by atoms with E-state index in [-0.39, 0.29) is 0 Å². The molecule has 17 heavy (non-hydrogen) atoms. The lowest BCUT2D eigenvalue weighted by atomic mass is 9.60. The molecule has 0 bridgehead atoms. The van der Waals surface area contributed by atoms with E-state index in [9.17, 15) is 0 Å². The minimum atomic E-state index is 0.746. The van der Waals surface area contributed by atoms with Gasteiger partial charge in [0.15, 0.2) is 0 Å². The summed E-state index contributed by atoms with van der Waals surface area (Å²) in [6, 6.07) is 1.70. The molecule has 3 fully saturated rings. The summed E-state index contributed by atoms with van der Waals surface area (Å²) in [5.74, 6) is 0. The lowest BCUT2D eigenvalue weighted by molar-refractivity contribution is -0.0299. The van der Waals surface area contributed by atoms with Gasteiger partial charge in [0.1, 0.15) is 0 Å². The van der Waals surface area contributed by atoms with Gasteiger partial charge >= 0.3 is 0 Å². The summed E-state index contributed by atoms with van der Waals surface area (Å²) in [6.07, 6.45) is 8.52. The van der Waals surface area contributed by atoms with Crippen molar-refractivity contribution in [2.45, 2.75) is 50.6 Å². The molecule has 2 heterocycles. The highest BCUT2D eigenvalue weighted by Crippen LogP contribution is 2.50. The Morgan fingerprint density at radius 1 is 1.12 bits per heavy atom. The van der Waals surface area contributed by atoms with Crippen LogP contribution in [0.4, 0.5) is 0 Å². The Labute approximate surface area is 105 Å². The number of hydrogen-bond acceptors (Lipinski definition) is 3. The van der Waals surface area contributed by atoms with Crippen LogP contribution in [0.1, 0.15) is 38.5 Å². The van der Waals surface area contributed by atoms with Gasteiger partial charge in [-0.1, -0.05) is 0 Å². The number of nitrogens with one attached hydrogen (secondary N) is 2. The van der Waals surface area contributed by atoms with Crippen LogP contribution in [0.2, 0.25) is 0 Å². The molecule has 0 atom stereocenters. The number of piperidine rings is 2. The highest BCUT2D eigenvalue weighted by molar-refractivity contribution is 5.01. The maximum Gasteiger partial charge on any atom is 0.0106 e. The first-order chi connectivity index (χ1) is 8.31. The summed E-state index contributed by atoms with van der Waals surface area (Å²) in [5.41, 5.74) is 0.746. The van der Waals surface area contributed by atoms with E-state index in [4.69, 9.17) is 0 Å². The lowest BCUT2D eigenvalue weighted by Crippen LogP contribution is -2.56. The van der Waals surface area contributed by atoms with Gasteiger partial charge in [0, 0.05) is 12.1 Å². The molecule has 3 nitrogen and oxygen atoms in total. The minimum absolute atomic E-state index is 0.746. The highest BCUT2D eigenvalue weighted by Gasteiger charge is 2.46. The normalized spacial score (nSPS) is 31.6. The number of hydrogen-bond donors (Lipinski definition) is 2. The van der Waals surface area contributed by atoms with E-state index in [1.165, 1.54) is 64.7 Å². The fourth-order valence-electron chi connectivity index (χ4n) is 4.12. The Morgan fingerprint density at radius 3 is 2.35 bits per heavy atom. The second kappa shape index (κ2) is 4.87. The maximum absolute atomic E-state index is 3.49. The van der Waals surface area contributed by atoms with Gasteiger partial charge in [-0.3, -0.25) is 0 Å². The molecule has 0 aromatic carbocycles. The van der Waals surface area contributed by atoms with Crippen molar-refractivity contribution in [1.29, 1.82) is 0 Å². The van der Waals surface area contributed by atoms with Crippen LogP contribution in [-0.2, 0) is 0 Å². The van der Waals surface area contributed by atoms with Gasteiger partial charge in [-0.05, 0) is 77.2 Å². The van der Waals surface area contributed by atoms with Crippen LogP contribution in [0.25, 0.3) is 0 Å². The molecular formula is C14H27N3. The van der Waals surface area contributed by atoms with E-state index in [0.29, 0.717) is 0 Å². The molecule has 2 saturated heterocycles. The van der Waals surface area contributed by atoms with Crippen molar-refractivity contribution in [3.63, 3.8) is 0 Å². The van der Waals surface area contributed by atoms with Crippen molar-refractivity contribution in [1.82, 2.24) is 15.5 Å². The molecule has 0 amide bonds. The van der Waals surface area contributed by atoms with E-state index in [2.05, 4.69) is 22.6 Å². The van der Waals surface area contributed by atoms with Crippen molar-refractivity contribution in [2.24, 2.45) is 5.41 Å². The van der Waals surface area contributed by atoms with E-state index in [1.807, 2.05) is 0 Å². The van der Waals surface area contributed by atoms with Crippen LogP contribution in [0.15, 0.2) is 0 Å². The average molecular weight is 237 g/mol. The van der Waals surface area contributed by atoms with Gasteiger partial charge in [-0.25, -0.2) is 0 Å². The third kappa shape index (κ3) is 2.38. The Hall–Kier alpha value is -0.120. The Morgan fingerprint density at radius 2 is 1.76 bits per heavy atom. The van der Waals surface area contributed by atoms with Crippen LogP contribution >= 0.6 is 0 Å². The molecule has 0 unspecified atom stereocenters. The molecule has 3 rings (SSSR count). The molecule has 1 saturated carbocycles. The predicted molar refractivity (Wildman–Crippen MR) is 71.2 cm³/mol. The summed E-state index contributed by atoms with van der Waals surface area (Å²) < 4.78 is 0. The standard InChI is InChI=1S/C14H27N3/c1-15-12-2-8-17(9-3-12)13-10-14(11-13)4-6-16-7-5-14/h12-13,15-16H,2-11H2,1H3. The van der Waals surface area contributed by atoms with Gasteiger partial charge in [-0.2, -0.15) is 0 Å². The number of rotatable bonds is 2. The van der Waals surface area contributed by atoms with E-state index in [1.54, 1.807) is 0 Å². The summed E-state index contributed by atoms with van der Waals surface area (Å²) >= 11 is 0. The largest absolute Gasteiger partial charge is 0.317 e. The smallest absolute Gasteiger partial charge is 0.0106 e. The average Bonchev–Trinajstić information content (AvgIpc) is 2.37. The van der Waals surface area contributed by atoms with Crippen molar-refractivity contribution >= 4 is 0 Å². The fourth-order valence-corrected chi connectivity index (χ4v) is 4.12. The first-order valence-corrected chi connectivity index (χ1v) is 7.43. The van der Waals surface area contributed by atoms with Gasteiger partial charge in [0.05, 0.1) is 0 Å². The van der Waals surface area contributed by atoms with E-state index < -0.39 is 0 Å². The molecule has 0 aromatic heterocycles. The molecule has 0 radical (unpaired) electrons. The van der Waals surface area contributed by atoms with Crippen molar-refractivity contribution in [3.8, 4) is 0 Å². The quantitative estimate of drug-likeness (QED) is 0.756. The molecule has 1 aliphatic carbocycles. The summed E-state index contributed by atoms with van der Waals surface area (Å²) in [5, 5.41) is 6.92. The van der Waals surface area contributed by atoms with Gasteiger partial charge in [-0.15, -0.1) is 0 Å². The fraction of sp³-hybridized carbons (Fsp3) is 1.00. The van der Waals surface area contributed by atoms with Crippen LogP contribution in [-0.4, -0.2) is 50.2 Å². The Balaban J connectivity index is 1.46. The predicted octanol–water partition coefficient (Wildman–Crippen LogP) is 1.20. The summed E-state index contributed by atoms with van der Waals surface area (Å²) in [7, 11) is 2.10.